The van der Waals surface area contributed by atoms with Crippen LogP contribution in [0.3, 0.4) is 0 Å². The van der Waals surface area contributed by atoms with E-state index in [9.17, 15) is 19.2 Å². The molecular formula is C14H24N2O6. The van der Waals surface area contributed by atoms with Crippen molar-refractivity contribution in [2.45, 2.75) is 39.8 Å². The van der Waals surface area contributed by atoms with Gasteiger partial charge in [0, 0.05) is 0 Å². The monoisotopic (exact) mass is 316 g/mol. The van der Waals surface area contributed by atoms with Gasteiger partial charge in [0.15, 0.2) is 0 Å². The van der Waals surface area contributed by atoms with Crippen molar-refractivity contribution in [1.29, 1.82) is 0 Å². The molecule has 2 amide bonds. The second kappa shape index (κ2) is 9.01. The average Bonchev–Trinajstić information content (AvgIpc) is 2.47. The van der Waals surface area contributed by atoms with Crippen LogP contribution in [0.25, 0.3) is 0 Å². The van der Waals surface area contributed by atoms with Crippen LogP contribution in [0.15, 0.2) is 0 Å². The molecule has 0 aromatic carbocycles. The van der Waals surface area contributed by atoms with E-state index < -0.39 is 35.8 Å². The van der Waals surface area contributed by atoms with Crippen LogP contribution in [0.4, 0.5) is 0 Å². The van der Waals surface area contributed by atoms with E-state index in [-0.39, 0.29) is 11.8 Å². The molecule has 22 heavy (non-hydrogen) atoms. The minimum Gasteiger partial charge on any atom is -0.467 e. The van der Waals surface area contributed by atoms with Crippen molar-refractivity contribution in [3.05, 3.63) is 0 Å². The number of rotatable bonds is 6. The second-order valence-corrected chi connectivity index (χ2v) is 5.44. The highest BCUT2D eigenvalue weighted by Crippen LogP contribution is 2.05. The number of hydrogen-bond donors (Lipinski definition) is 2. The highest BCUT2D eigenvalue weighted by Gasteiger charge is 2.31. The summed E-state index contributed by atoms with van der Waals surface area (Å²) >= 11 is 0. The van der Waals surface area contributed by atoms with Crippen LogP contribution in [0.2, 0.25) is 0 Å². The van der Waals surface area contributed by atoms with Crippen LogP contribution in [-0.2, 0) is 28.7 Å². The van der Waals surface area contributed by atoms with E-state index in [1.54, 1.807) is 27.7 Å². The van der Waals surface area contributed by atoms with E-state index in [2.05, 4.69) is 20.1 Å². The van der Waals surface area contributed by atoms with Gasteiger partial charge in [-0.2, -0.15) is 0 Å². The molecular weight excluding hydrogens is 292 g/mol. The van der Waals surface area contributed by atoms with Gasteiger partial charge in [-0.3, -0.25) is 9.59 Å². The number of ether oxygens (including phenoxy) is 2. The Hall–Kier alpha value is -2.12. The molecule has 0 fully saturated rings. The fourth-order valence-electron chi connectivity index (χ4n) is 1.66. The summed E-state index contributed by atoms with van der Waals surface area (Å²) in [6.07, 6.45) is 0. The van der Waals surface area contributed by atoms with E-state index in [1.165, 1.54) is 14.2 Å². The minimum atomic E-state index is -1.02. The van der Waals surface area contributed by atoms with Gasteiger partial charge in [0.2, 0.25) is 0 Å². The fraction of sp³-hybridized carbons (Fsp3) is 0.714. The summed E-state index contributed by atoms with van der Waals surface area (Å²) in [7, 11) is 2.38. The first-order valence-electron chi connectivity index (χ1n) is 6.92. The van der Waals surface area contributed by atoms with Crippen LogP contribution in [0.1, 0.15) is 27.7 Å². The van der Waals surface area contributed by atoms with Gasteiger partial charge < -0.3 is 20.1 Å². The molecule has 126 valence electrons. The van der Waals surface area contributed by atoms with Crippen molar-refractivity contribution < 1.29 is 28.7 Å². The van der Waals surface area contributed by atoms with Gasteiger partial charge in [0.1, 0.15) is 12.1 Å². The summed E-state index contributed by atoms with van der Waals surface area (Å²) in [6, 6.07) is -1.89. The fourth-order valence-corrected chi connectivity index (χ4v) is 1.66. The molecule has 8 heteroatoms. The Morgan fingerprint density at radius 1 is 0.682 bits per heavy atom. The Morgan fingerprint density at radius 2 is 0.955 bits per heavy atom. The molecule has 0 aromatic heterocycles. The van der Waals surface area contributed by atoms with Gasteiger partial charge in [0.05, 0.1) is 14.2 Å². The Balaban J connectivity index is 4.87. The molecule has 0 spiro atoms. The zero-order valence-electron chi connectivity index (χ0n) is 13.8. The van der Waals surface area contributed by atoms with Crippen molar-refractivity contribution in [1.82, 2.24) is 10.6 Å². The number of carbonyl (C=O) groups is 4. The topological polar surface area (TPSA) is 111 Å². The zero-order valence-corrected chi connectivity index (χ0v) is 13.8. The lowest BCUT2D eigenvalue weighted by Crippen LogP contribution is -2.54. The molecule has 0 unspecified atom stereocenters. The lowest BCUT2D eigenvalue weighted by atomic mass is 10.0. The maximum atomic E-state index is 11.9. The summed E-state index contributed by atoms with van der Waals surface area (Å²) in [5.74, 6) is -3.84. The van der Waals surface area contributed by atoms with Crippen LogP contribution in [0.5, 0.6) is 0 Å². The maximum Gasteiger partial charge on any atom is 0.328 e. The third-order valence-electron chi connectivity index (χ3n) is 3.02. The molecule has 0 radical (unpaired) electrons. The maximum absolute atomic E-state index is 11.9. The molecule has 8 nitrogen and oxygen atoms in total. The largest absolute Gasteiger partial charge is 0.467 e. The first kappa shape index (κ1) is 19.9. The normalized spacial score (nSPS) is 13.3. The smallest absolute Gasteiger partial charge is 0.328 e. The lowest BCUT2D eigenvalue weighted by Gasteiger charge is -2.22. The molecule has 0 aliphatic heterocycles. The number of carbonyl (C=O) groups excluding carboxylic acids is 4. The third kappa shape index (κ3) is 5.71. The Kier molecular flexibility index (Phi) is 8.14. The number of esters is 2. The molecule has 0 aliphatic rings. The SMILES string of the molecule is COC(=O)[C@@H](NC(=O)C(=O)N[C@H](C(=O)OC)C(C)C)C(C)C. The van der Waals surface area contributed by atoms with Crippen molar-refractivity contribution in [3.63, 3.8) is 0 Å². The summed E-state index contributed by atoms with van der Waals surface area (Å²) in [5.41, 5.74) is 0. The van der Waals surface area contributed by atoms with E-state index in [1.807, 2.05) is 0 Å². The third-order valence-corrected chi connectivity index (χ3v) is 3.02. The van der Waals surface area contributed by atoms with E-state index >= 15 is 0 Å². The van der Waals surface area contributed by atoms with Gasteiger partial charge in [-0.05, 0) is 11.8 Å². The van der Waals surface area contributed by atoms with Crippen LogP contribution < -0.4 is 10.6 Å². The van der Waals surface area contributed by atoms with Gasteiger partial charge in [-0.1, -0.05) is 27.7 Å². The summed E-state index contributed by atoms with van der Waals surface area (Å²) in [6.45, 7) is 6.80. The Bertz CT molecular complexity index is 393. The molecule has 2 atom stereocenters. The standard InChI is InChI=1S/C14H24N2O6/c1-7(2)9(13(19)21-5)15-11(17)12(18)16-10(8(3)4)14(20)22-6/h7-10H,1-6H3,(H,15,17)(H,16,18)/t9-,10-/m0/s1. The molecule has 0 saturated heterocycles. The lowest BCUT2D eigenvalue weighted by molar-refractivity contribution is -0.150. The van der Waals surface area contributed by atoms with Crippen molar-refractivity contribution >= 4 is 23.8 Å². The highest BCUT2D eigenvalue weighted by atomic mass is 16.5. The van der Waals surface area contributed by atoms with E-state index in [0.717, 1.165) is 0 Å². The van der Waals surface area contributed by atoms with Crippen LogP contribution in [-0.4, -0.2) is 50.1 Å². The predicted molar refractivity (Wildman–Crippen MR) is 77.6 cm³/mol. The highest BCUT2D eigenvalue weighted by molar-refractivity contribution is 6.35. The van der Waals surface area contributed by atoms with E-state index in [4.69, 9.17) is 0 Å². The summed E-state index contributed by atoms with van der Waals surface area (Å²) in [4.78, 5) is 46.8. The first-order chi connectivity index (χ1) is 10.1. The van der Waals surface area contributed by atoms with E-state index in [0.29, 0.717) is 0 Å². The summed E-state index contributed by atoms with van der Waals surface area (Å²) < 4.78 is 9.14. The molecule has 0 aromatic rings. The summed E-state index contributed by atoms with van der Waals surface area (Å²) in [5, 5.41) is 4.58. The van der Waals surface area contributed by atoms with Crippen LogP contribution >= 0.6 is 0 Å². The molecule has 0 rings (SSSR count). The average molecular weight is 316 g/mol. The molecule has 0 aliphatic carbocycles. The Morgan fingerprint density at radius 3 is 1.14 bits per heavy atom. The van der Waals surface area contributed by atoms with Crippen molar-refractivity contribution in [2.75, 3.05) is 14.2 Å². The number of amides is 2. The molecule has 0 heterocycles. The number of nitrogens with one attached hydrogen (secondary N) is 2. The second-order valence-electron chi connectivity index (χ2n) is 5.44. The van der Waals surface area contributed by atoms with Gasteiger partial charge in [-0.25, -0.2) is 9.59 Å². The molecule has 2 N–H and O–H groups in total. The van der Waals surface area contributed by atoms with Gasteiger partial charge >= 0.3 is 23.8 Å². The minimum absolute atomic E-state index is 0.259. The quantitative estimate of drug-likeness (QED) is 0.510. The number of hydrogen-bond acceptors (Lipinski definition) is 6. The van der Waals surface area contributed by atoms with Gasteiger partial charge in [-0.15, -0.1) is 0 Å². The molecule has 0 bridgehead atoms. The van der Waals surface area contributed by atoms with Crippen LogP contribution in [0, 0.1) is 11.8 Å². The van der Waals surface area contributed by atoms with Gasteiger partial charge in [0.25, 0.3) is 0 Å². The molecule has 0 saturated carbocycles. The zero-order chi connectivity index (χ0) is 17.4. The van der Waals surface area contributed by atoms with Crippen molar-refractivity contribution in [2.24, 2.45) is 11.8 Å². The Labute approximate surface area is 129 Å². The van der Waals surface area contributed by atoms with Crippen molar-refractivity contribution in [3.8, 4) is 0 Å². The predicted octanol–water partition coefficient (Wildman–Crippen LogP) is -0.386. The number of methoxy groups -OCH3 is 2. The first-order valence-corrected chi connectivity index (χ1v) is 6.92.